The van der Waals surface area contributed by atoms with Crippen molar-refractivity contribution in [2.24, 2.45) is 0 Å². The van der Waals surface area contributed by atoms with Crippen molar-refractivity contribution < 1.29 is 9.47 Å². The Morgan fingerprint density at radius 3 is 2.64 bits per heavy atom. The lowest BCUT2D eigenvalue weighted by atomic mass is 10.1. The van der Waals surface area contributed by atoms with Crippen molar-refractivity contribution in [2.45, 2.75) is 6.92 Å². The molecule has 1 aliphatic rings. The van der Waals surface area contributed by atoms with Crippen molar-refractivity contribution >= 4 is 15.9 Å². The molecule has 2 heterocycles. The zero-order chi connectivity index (χ0) is 15.1. The fourth-order valence-corrected chi connectivity index (χ4v) is 2.94. The van der Waals surface area contributed by atoms with Crippen molar-refractivity contribution in [3.05, 3.63) is 64.8 Å². The Kier molecular flexibility index (Phi) is 3.19. The van der Waals surface area contributed by atoms with E-state index in [2.05, 4.69) is 38.7 Å². The zero-order valence-electron chi connectivity index (χ0n) is 12.0. The Labute approximate surface area is 137 Å². The second-order valence-corrected chi connectivity index (χ2v) is 6.05. The van der Waals surface area contributed by atoms with Crippen LogP contribution in [0.5, 0.6) is 11.5 Å². The molecule has 0 saturated heterocycles. The first-order valence-electron chi connectivity index (χ1n) is 6.98. The Bertz CT molecular complexity index is 837. The van der Waals surface area contributed by atoms with E-state index in [1.807, 2.05) is 43.3 Å². The van der Waals surface area contributed by atoms with Crippen LogP contribution < -0.4 is 9.47 Å². The zero-order valence-corrected chi connectivity index (χ0v) is 13.6. The molecular formula is C18H13BrNO2. The molecule has 0 spiro atoms. The molecule has 3 aromatic rings. The second-order valence-electron chi connectivity index (χ2n) is 5.14. The Morgan fingerprint density at radius 1 is 1.05 bits per heavy atom. The van der Waals surface area contributed by atoms with Crippen LogP contribution >= 0.6 is 15.9 Å². The maximum absolute atomic E-state index is 5.49. The monoisotopic (exact) mass is 354 g/mol. The highest BCUT2D eigenvalue weighted by Crippen LogP contribution is 2.35. The molecule has 0 amide bonds. The molecule has 0 N–H and O–H groups in total. The van der Waals surface area contributed by atoms with E-state index in [0.717, 1.165) is 38.6 Å². The summed E-state index contributed by atoms with van der Waals surface area (Å²) in [6, 6.07) is 19.6. The average Bonchev–Trinajstić information content (AvgIpc) is 3.13. The molecule has 109 valence electrons. The average molecular weight is 355 g/mol. The number of nitrogens with zero attached hydrogens (tertiary/aromatic N) is 1. The van der Waals surface area contributed by atoms with Crippen LogP contribution in [0.1, 0.15) is 5.69 Å². The minimum atomic E-state index is 0.287. The first-order chi connectivity index (χ1) is 10.7. The van der Waals surface area contributed by atoms with Crippen molar-refractivity contribution in [2.75, 3.05) is 6.79 Å². The molecule has 2 aromatic carbocycles. The van der Waals surface area contributed by atoms with Gasteiger partial charge in [0.05, 0.1) is 5.69 Å². The van der Waals surface area contributed by atoms with Gasteiger partial charge in [0.1, 0.15) is 0 Å². The highest BCUT2D eigenvalue weighted by molar-refractivity contribution is 9.10. The van der Waals surface area contributed by atoms with Crippen molar-refractivity contribution in [3.63, 3.8) is 0 Å². The first-order valence-corrected chi connectivity index (χ1v) is 7.78. The van der Waals surface area contributed by atoms with Gasteiger partial charge >= 0.3 is 0 Å². The molecule has 0 unspecified atom stereocenters. The standard InChI is InChI=1S/C18H13BrNO2/c1-12-2-8-16(13-3-5-14(19)6-4-13)20(12)15-7-9-17-18(10-15)22-11-21-17/h3-10H,11H2,1H3. The van der Waals surface area contributed by atoms with Crippen molar-refractivity contribution in [1.82, 2.24) is 4.57 Å². The molecule has 0 atom stereocenters. The minimum Gasteiger partial charge on any atom is -0.454 e. The maximum Gasteiger partial charge on any atom is 0.231 e. The van der Waals surface area contributed by atoms with Gasteiger partial charge in [-0.05, 0) is 42.8 Å². The second kappa shape index (κ2) is 5.21. The van der Waals surface area contributed by atoms with Crippen LogP contribution in [0.25, 0.3) is 16.9 Å². The molecule has 0 aliphatic carbocycles. The number of hydrogen-bond acceptors (Lipinski definition) is 2. The van der Waals surface area contributed by atoms with E-state index < -0.39 is 0 Å². The van der Waals surface area contributed by atoms with Gasteiger partial charge in [-0.1, -0.05) is 28.1 Å². The van der Waals surface area contributed by atoms with E-state index in [1.165, 1.54) is 0 Å². The number of benzene rings is 2. The quantitative estimate of drug-likeness (QED) is 0.663. The van der Waals surface area contributed by atoms with Gasteiger partial charge in [-0.2, -0.15) is 0 Å². The number of halogens is 1. The molecule has 4 rings (SSSR count). The summed E-state index contributed by atoms with van der Waals surface area (Å²) in [5.41, 5.74) is 4.34. The normalized spacial score (nSPS) is 12.6. The highest BCUT2D eigenvalue weighted by atomic mass is 79.9. The van der Waals surface area contributed by atoms with Crippen LogP contribution in [0.4, 0.5) is 0 Å². The molecule has 22 heavy (non-hydrogen) atoms. The van der Waals surface area contributed by atoms with Crippen LogP contribution in [-0.2, 0) is 0 Å². The van der Waals surface area contributed by atoms with Gasteiger partial charge in [0.25, 0.3) is 0 Å². The van der Waals surface area contributed by atoms with Gasteiger partial charge in [-0.25, -0.2) is 0 Å². The number of fused-ring (bicyclic) bond motifs is 1. The first kappa shape index (κ1) is 13.5. The van der Waals surface area contributed by atoms with E-state index >= 15 is 0 Å². The van der Waals surface area contributed by atoms with E-state index in [4.69, 9.17) is 9.47 Å². The van der Waals surface area contributed by atoms with Crippen LogP contribution in [-0.4, -0.2) is 11.4 Å². The Morgan fingerprint density at radius 2 is 1.82 bits per heavy atom. The minimum absolute atomic E-state index is 0.287. The fraction of sp³-hybridized carbons (Fsp3) is 0.111. The SMILES string of the molecule is Cc1[c]cc(-c2ccc(Br)cc2)n1-c1ccc2c(c1)OCO2. The summed E-state index contributed by atoms with van der Waals surface area (Å²) in [6.07, 6.45) is 0. The number of aryl methyl sites for hydroxylation is 1. The Balaban J connectivity index is 1.85. The van der Waals surface area contributed by atoms with Crippen molar-refractivity contribution in [1.29, 1.82) is 0 Å². The van der Waals surface area contributed by atoms with Gasteiger partial charge < -0.3 is 14.0 Å². The van der Waals surface area contributed by atoms with E-state index in [-0.39, 0.29) is 6.79 Å². The molecule has 3 nitrogen and oxygen atoms in total. The maximum atomic E-state index is 5.49. The van der Waals surface area contributed by atoms with Gasteiger partial charge in [0.2, 0.25) is 6.79 Å². The predicted molar refractivity (Wildman–Crippen MR) is 88.6 cm³/mol. The fourth-order valence-electron chi connectivity index (χ4n) is 2.67. The van der Waals surface area contributed by atoms with Gasteiger partial charge in [0, 0.05) is 28.0 Å². The summed E-state index contributed by atoms with van der Waals surface area (Å²) in [6.45, 7) is 2.34. The van der Waals surface area contributed by atoms with Crippen LogP contribution in [0.3, 0.4) is 0 Å². The molecule has 1 aromatic heterocycles. The third-order valence-corrected chi connectivity index (χ3v) is 4.28. The molecule has 0 fully saturated rings. The topological polar surface area (TPSA) is 23.4 Å². The molecule has 0 saturated carbocycles. The molecule has 1 aliphatic heterocycles. The molecule has 4 heteroatoms. The third-order valence-electron chi connectivity index (χ3n) is 3.75. The number of rotatable bonds is 2. The number of hydrogen-bond donors (Lipinski definition) is 0. The van der Waals surface area contributed by atoms with E-state index in [9.17, 15) is 0 Å². The lowest BCUT2D eigenvalue weighted by molar-refractivity contribution is 0.174. The van der Waals surface area contributed by atoms with Crippen LogP contribution in [0.15, 0.2) is 53.0 Å². The predicted octanol–water partition coefficient (Wildman–Crippen LogP) is 4.74. The smallest absolute Gasteiger partial charge is 0.231 e. The van der Waals surface area contributed by atoms with Crippen LogP contribution in [0.2, 0.25) is 0 Å². The highest BCUT2D eigenvalue weighted by Gasteiger charge is 2.16. The van der Waals surface area contributed by atoms with Crippen molar-refractivity contribution in [3.8, 4) is 28.4 Å². The molecular weight excluding hydrogens is 342 g/mol. The summed E-state index contributed by atoms with van der Waals surface area (Å²) in [5, 5.41) is 0. The lowest BCUT2D eigenvalue weighted by Crippen LogP contribution is -1.99. The molecule has 0 bridgehead atoms. The summed E-state index contributed by atoms with van der Waals surface area (Å²) >= 11 is 3.48. The van der Waals surface area contributed by atoms with E-state index in [1.54, 1.807) is 0 Å². The summed E-state index contributed by atoms with van der Waals surface area (Å²) in [4.78, 5) is 0. The van der Waals surface area contributed by atoms with Crippen LogP contribution in [0, 0.1) is 13.0 Å². The number of ether oxygens (including phenoxy) is 2. The number of aromatic nitrogens is 1. The Hall–Kier alpha value is -2.20. The largest absolute Gasteiger partial charge is 0.454 e. The van der Waals surface area contributed by atoms with Gasteiger partial charge in [0.15, 0.2) is 11.5 Å². The summed E-state index contributed by atoms with van der Waals surface area (Å²) < 4.78 is 14.1. The lowest BCUT2D eigenvalue weighted by Gasteiger charge is -2.13. The van der Waals surface area contributed by atoms with Gasteiger partial charge in [-0.15, -0.1) is 0 Å². The van der Waals surface area contributed by atoms with E-state index in [0.29, 0.717) is 0 Å². The third kappa shape index (κ3) is 2.20. The summed E-state index contributed by atoms with van der Waals surface area (Å²) in [7, 11) is 0. The summed E-state index contributed by atoms with van der Waals surface area (Å²) in [5.74, 6) is 1.58. The molecule has 1 radical (unpaired) electrons. The van der Waals surface area contributed by atoms with Gasteiger partial charge in [-0.3, -0.25) is 0 Å².